The van der Waals surface area contributed by atoms with Crippen molar-refractivity contribution >= 4 is 29.1 Å². The molecule has 14 heteroatoms. The van der Waals surface area contributed by atoms with Crippen LogP contribution in [0.15, 0.2) is 18.2 Å². The van der Waals surface area contributed by atoms with E-state index >= 15 is 0 Å². The topological polar surface area (TPSA) is 84.3 Å². The van der Waals surface area contributed by atoms with Crippen molar-refractivity contribution in [1.82, 2.24) is 15.3 Å². The molecule has 1 aliphatic rings. The van der Waals surface area contributed by atoms with E-state index in [-0.39, 0.29) is 28.1 Å². The maximum Gasteiger partial charge on any atom is 0.435 e. The summed E-state index contributed by atoms with van der Waals surface area (Å²) in [6, 6.07) is 3.57. The van der Waals surface area contributed by atoms with Gasteiger partial charge in [0.15, 0.2) is 18.0 Å². The van der Waals surface area contributed by atoms with Crippen LogP contribution in [0.1, 0.15) is 35.9 Å². The zero-order chi connectivity index (χ0) is 25.5. The number of aromatic nitrogens is 2. The summed E-state index contributed by atoms with van der Waals surface area (Å²) in [6.45, 7) is -0.899. The summed E-state index contributed by atoms with van der Waals surface area (Å²) in [6.07, 6.45) is -8.75. The van der Waals surface area contributed by atoms with Gasteiger partial charge in [0.2, 0.25) is 5.88 Å². The third-order valence-electron chi connectivity index (χ3n) is 4.98. The highest BCUT2D eigenvalue weighted by molar-refractivity contribution is 6.42. The summed E-state index contributed by atoms with van der Waals surface area (Å²) in [5, 5.41) is 12.5. The van der Waals surface area contributed by atoms with Crippen LogP contribution in [0.2, 0.25) is 10.0 Å². The first-order chi connectivity index (χ1) is 15.6. The molecule has 0 spiro atoms. The molecular weight excluding hydrogens is 515 g/mol. The zero-order valence-corrected chi connectivity index (χ0v) is 18.8. The van der Waals surface area contributed by atoms with E-state index in [1.165, 1.54) is 19.1 Å². The minimum Gasteiger partial charge on any atom is -0.466 e. The van der Waals surface area contributed by atoms with Gasteiger partial charge in [0.25, 0.3) is 5.91 Å². The lowest BCUT2D eigenvalue weighted by Gasteiger charge is -2.23. The molecule has 1 unspecified atom stereocenters. The molecule has 34 heavy (non-hydrogen) atoms. The molecule has 1 aromatic heterocycles. The Kier molecular flexibility index (Phi) is 7.26. The predicted octanol–water partition coefficient (Wildman–Crippen LogP) is 5.30. The number of ether oxygens (including phenoxy) is 1. The van der Waals surface area contributed by atoms with E-state index in [9.17, 15) is 36.2 Å². The van der Waals surface area contributed by atoms with Crippen LogP contribution in [0.5, 0.6) is 5.88 Å². The first-order valence-corrected chi connectivity index (χ1v) is 10.5. The quantitative estimate of drug-likeness (QED) is 0.473. The number of amides is 1. The molecule has 1 fully saturated rings. The lowest BCUT2D eigenvalue weighted by atomic mass is 10.0. The fourth-order valence-corrected chi connectivity index (χ4v) is 3.35. The molecule has 1 atom stereocenters. The Balaban J connectivity index is 2.09. The number of nitrogens with one attached hydrogen (secondary N) is 1. The predicted molar refractivity (Wildman–Crippen MR) is 110 cm³/mol. The molecule has 0 radical (unpaired) electrons. The lowest BCUT2D eigenvalue weighted by Crippen LogP contribution is -2.43. The van der Waals surface area contributed by atoms with Crippen LogP contribution < -0.4 is 10.1 Å². The normalized spacial score (nSPS) is 16.2. The molecule has 3 rings (SSSR count). The summed E-state index contributed by atoms with van der Waals surface area (Å²) >= 11 is 11.7. The molecular formula is C20H17Cl2F6N3O3. The maximum atomic E-state index is 13.7. The summed E-state index contributed by atoms with van der Waals surface area (Å²) < 4.78 is 83.6. The summed E-state index contributed by atoms with van der Waals surface area (Å²) in [5.41, 5.74) is -5.10. The van der Waals surface area contributed by atoms with E-state index in [0.29, 0.717) is 12.8 Å². The first-order valence-electron chi connectivity index (χ1n) is 9.73. The minimum atomic E-state index is -5.26. The molecule has 1 aliphatic carbocycles. The van der Waals surface area contributed by atoms with Crippen LogP contribution in [0.3, 0.4) is 0 Å². The van der Waals surface area contributed by atoms with Gasteiger partial charge in [-0.3, -0.25) is 4.79 Å². The smallest absolute Gasteiger partial charge is 0.435 e. The third kappa shape index (κ3) is 6.42. The molecule has 1 saturated carbocycles. The fraction of sp³-hybridized carbons (Fsp3) is 0.450. The Morgan fingerprint density at radius 3 is 2.32 bits per heavy atom. The number of benzene rings is 1. The Hall–Kier alpha value is -2.31. The number of halogens is 8. The third-order valence-corrected chi connectivity index (χ3v) is 5.72. The van der Waals surface area contributed by atoms with E-state index in [0.717, 1.165) is 6.07 Å². The summed E-state index contributed by atoms with van der Waals surface area (Å²) in [5.74, 6) is -2.56. The van der Waals surface area contributed by atoms with Crippen LogP contribution >= 0.6 is 23.2 Å². The number of hydrogen-bond acceptors (Lipinski definition) is 5. The number of carbonyl (C=O) groups is 1. The Bertz CT molecular complexity index is 1090. The molecule has 1 amide bonds. The number of hydrogen-bond donors (Lipinski definition) is 2. The highest BCUT2D eigenvalue weighted by Crippen LogP contribution is 2.40. The minimum absolute atomic E-state index is 0.0586. The first kappa shape index (κ1) is 26.3. The van der Waals surface area contributed by atoms with Crippen LogP contribution in [0, 0.1) is 5.92 Å². The Morgan fingerprint density at radius 1 is 1.15 bits per heavy atom. The largest absolute Gasteiger partial charge is 0.466 e. The second-order valence-corrected chi connectivity index (χ2v) is 8.73. The molecule has 2 N–H and O–H groups in total. The average Bonchev–Trinajstić information content (AvgIpc) is 3.57. The molecule has 1 aromatic carbocycles. The van der Waals surface area contributed by atoms with Crippen molar-refractivity contribution < 1.29 is 41.0 Å². The van der Waals surface area contributed by atoms with E-state index in [1.54, 1.807) is 0 Å². The van der Waals surface area contributed by atoms with Gasteiger partial charge in [-0.1, -0.05) is 29.3 Å². The van der Waals surface area contributed by atoms with Crippen molar-refractivity contribution in [2.24, 2.45) is 5.92 Å². The Morgan fingerprint density at radius 2 is 1.79 bits per heavy atom. The van der Waals surface area contributed by atoms with Crippen LogP contribution in [-0.4, -0.2) is 45.9 Å². The van der Waals surface area contributed by atoms with Gasteiger partial charge in [0, 0.05) is 12.1 Å². The Labute approximate surface area is 199 Å². The number of alkyl halides is 6. The van der Waals surface area contributed by atoms with Gasteiger partial charge in [-0.15, -0.1) is 0 Å². The second kappa shape index (κ2) is 9.38. The van der Waals surface area contributed by atoms with Crippen molar-refractivity contribution in [1.29, 1.82) is 0 Å². The van der Waals surface area contributed by atoms with Gasteiger partial charge in [-0.05, 0) is 37.8 Å². The van der Waals surface area contributed by atoms with Crippen molar-refractivity contribution in [3.63, 3.8) is 0 Å². The summed E-state index contributed by atoms with van der Waals surface area (Å²) in [7, 11) is 0. The molecule has 0 bridgehead atoms. The molecule has 0 saturated heterocycles. The van der Waals surface area contributed by atoms with E-state index in [4.69, 9.17) is 23.2 Å². The lowest BCUT2D eigenvalue weighted by molar-refractivity contribution is -0.154. The van der Waals surface area contributed by atoms with Gasteiger partial charge >= 0.3 is 12.4 Å². The van der Waals surface area contributed by atoms with E-state index in [1.807, 2.05) is 0 Å². The number of aliphatic hydroxyl groups is 1. The fourth-order valence-electron chi connectivity index (χ4n) is 3.05. The average molecular weight is 532 g/mol. The molecule has 186 valence electrons. The zero-order valence-electron chi connectivity index (χ0n) is 17.3. The van der Waals surface area contributed by atoms with Gasteiger partial charge < -0.3 is 15.2 Å². The number of carbonyl (C=O) groups excluding carboxylic acids is 1. The number of nitrogens with zero attached hydrogens (tertiary/aromatic N) is 2. The van der Waals surface area contributed by atoms with Gasteiger partial charge in [0.05, 0.1) is 15.6 Å². The van der Waals surface area contributed by atoms with Gasteiger partial charge in [0.1, 0.15) is 5.69 Å². The highest BCUT2D eigenvalue weighted by Gasteiger charge is 2.43. The monoisotopic (exact) mass is 531 g/mol. The highest BCUT2D eigenvalue weighted by atomic mass is 35.5. The van der Waals surface area contributed by atoms with Crippen molar-refractivity contribution in [3.05, 3.63) is 39.6 Å². The van der Waals surface area contributed by atoms with Crippen LogP contribution in [0.25, 0.3) is 11.3 Å². The molecule has 0 aliphatic heterocycles. The number of rotatable bonds is 7. The van der Waals surface area contributed by atoms with Crippen LogP contribution in [0.4, 0.5) is 26.3 Å². The van der Waals surface area contributed by atoms with Gasteiger partial charge in [-0.2, -0.15) is 26.3 Å². The summed E-state index contributed by atoms with van der Waals surface area (Å²) in [4.78, 5) is 19.5. The molecule has 1 heterocycles. The van der Waals surface area contributed by atoms with Crippen molar-refractivity contribution in [3.8, 4) is 17.1 Å². The van der Waals surface area contributed by atoms with E-state index < -0.39 is 53.4 Å². The SMILES string of the molecule is CC(O)(CNC(=O)c1nc(-c2ccc(Cl)c(Cl)c2)c(OCC(F)(F)F)nc1C(F)(F)F)C1CC1. The van der Waals surface area contributed by atoms with Crippen molar-refractivity contribution in [2.75, 3.05) is 13.2 Å². The standard InChI is InChI=1S/C20H17Cl2F6N3O3/c1-18(33,10-3-4-10)7-29-16(32)14-15(20(26,27)28)31-17(34-8-19(23,24)25)13(30-14)9-2-5-11(21)12(22)6-9/h2,5-6,10,33H,3-4,7-8H2,1H3,(H,29,32). The van der Waals surface area contributed by atoms with Crippen LogP contribution in [-0.2, 0) is 6.18 Å². The van der Waals surface area contributed by atoms with E-state index in [2.05, 4.69) is 20.0 Å². The second-order valence-electron chi connectivity index (χ2n) is 7.92. The molecule has 6 nitrogen and oxygen atoms in total. The van der Waals surface area contributed by atoms with Crippen molar-refractivity contribution in [2.45, 2.75) is 37.7 Å². The molecule has 2 aromatic rings. The van der Waals surface area contributed by atoms with Gasteiger partial charge in [-0.25, -0.2) is 9.97 Å². The maximum absolute atomic E-state index is 13.7.